The van der Waals surface area contributed by atoms with Gasteiger partial charge in [0.05, 0.1) is 0 Å². The number of carbonyl (C=O) groups excluding carboxylic acids is 2. The van der Waals surface area contributed by atoms with Gasteiger partial charge >= 0.3 is 5.97 Å². The van der Waals surface area contributed by atoms with Crippen LogP contribution in [-0.2, 0) is 16.1 Å². The molecule has 0 spiro atoms. The number of hydrogen-bond acceptors (Lipinski definition) is 3. The molecular weight excluding hydrogens is 180 g/mol. The first-order valence-corrected chi connectivity index (χ1v) is 4.46. The third-order valence-corrected chi connectivity index (χ3v) is 1.86. The van der Waals surface area contributed by atoms with Crippen molar-refractivity contribution in [2.45, 2.75) is 20.0 Å². The van der Waals surface area contributed by atoms with Crippen molar-refractivity contribution in [2.75, 3.05) is 0 Å². The summed E-state index contributed by atoms with van der Waals surface area (Å²) in [6.45, 7) is 1.90. The van der Waals surface area contributed by atoms with E-state index in [4.69, 9.17) is 4.74 Å². The van der Waals surface area contributed by atoms with Crippen molar-refractivity contribution in [1.29, 1.82) is 0 Å². The molecule has 0 atom stereocenters. The lowest BCUT2D eigenvalue weighted by Gasteiger charge is -2.04. The predicted octanol–water partition coefficient (Wildman–Crippen LogP) is 1.95. The Kier molecular flexibility index (Phi) is 3.85. The summed E-state index contributed by atoms with van der Waals surface area (Å²) in [5, 5.41) is 0. The molecule has 74 valence electrons. The zero-order valence-corrected chi connectivity index (χ0v) is 8.03. The smallest absolute Gasteiger partial charge is 0.305 e. The van der Waals surface area contributed by atoms with Gasteiger partial charge in [-0.3, -0.25) is 9.59 Å². The third kappa shape index (κ3) is 2.69. The number of esters is 1. The topological polar surface area (TPSA) is 43.4 Å². The Morgan fingerprint density at radius 3 is 2.79 bits per heavy atom. The number of hydrogen-bond donors (Lipinski definition) is 0. The lowest BCUT2D eigenvalue weighted by molar-refractivity contribution is -0.144. The Bertz CT molecular complexity index is 331. The second kappa shape index (κ2) is 5.17. The molecular formula is C11H12O3. The van der Waals surface area contributed by atoms with Crippen LogP contribution in [-0.4, -0.2) is 12.3 Å². The Hall–Kier alpha value is -1.64. The molecule has 0 saturated carbocycles. The molecule has 0 heterocycles. The van der Waals surface area contributed by atoms with Crippen molar-refractivity contribution in [3.8, 4) is 0 Å². The largest absolute Gasteiger partial charge is 0.461 e. The fourth-order valence-electron chi connectivity index (χ4n) is 1.04. The Morgan fingerprint density at radius 2 is 2.14 bits per heavy atom. The standard InChI is InChI=1S/C11H12O3/c1-2-11(13)14-8-10-6-4-3-5-9(10)7-12/h3-7H,2,8H2,1H3. The molecule has 3 heteroatoms. The summed E-state index contributed by atoms with van der Waals surface area (Å²) in [4.78, 5) is 21.5. The van der Waals surface area contributed by atoms with E-state index >= 15 is 0 Å². The van der Waals surface area contributed by atoms with E-state index in [1.807, 2.05) is 6.07 Å². The van der Waals surface area contributed by atoms with Gasteiger partial charge in [0.25, 0.3) is 0 Å². The normalized spacial score (nSPS) is 9.50. The summed E-state index contributed by atoms with van der Waals surface area (Å²) in [6, 6.07) is 7.05. The number of rotatable bonds is 4. The van der Waals surface area contributed by atoms with Gasteiger partial charge in [-0.2, -0.15) is 0 Å². The molecule has 0 aromatic heterocycles. The molecule has 0 amide bonds. The Labute approximate surface area is 82.7 Å². The first-order valence-electron chi connectivity index (χ1n) is 4.46. The summed E-state index contributed by atoms with van der Waals surface area (Å²) < 4.78 is 4.92. The lowest BCUT2D eigenvalue weighted by atomic mass is 10.1. The van der Waals surface area contributed by atoms with Crippen LogP contribution >= 0.6 is 0 Å². The molecule has 0 aliphatic carbocycles. The molecule has 0 saturated heterocycles. The Balaban J connectivity index is 2.66. The van der Waals surface area contributed by atoms with Crippen LogP contribution in [0.5, 0.6) is 0 Å². The monoisotopic (exact) mass is 192 g/mol. The minimum absolute atomic E-state index is 0.168. The second-order valence-corrected chi connectivity index (χ2v) is 2.83. The third-order valence-electron chi connectivity index (χ3n) is 1.86. The zero-order valence-electron chi connectivity index (χ0n) is 8.03. The van der Waals surface area contributed by atoms with Gasteiger partial charge in [-0.1, -0.05) is 31.2 Å². The molecule has 3 nitrogen and oxygen atoms in total. The quantitative estimate of drug-likeness (QED) is 0.541. The lowest BCUT2D eigenvalue weighted by Crippen LogP contribution is -2.04. The fourth-order valence-corrected chi connectivity index (χ4v) is 1.04. The summed E-state index contributed by atoms with van der Waals surface area (Å²) in [7, 11) is 0. The highest BCUT2D eigenvalue weighted by atomic mass is 16.5. The number of benzene rings is 1. The average Bonchev–Trinajstić information content (AvgIpc) is 2.26. The van der Waals surface area contributed by atoms with Crippen molar-refractivity contribution in [3.63, 3.8) is 0 Å². The number of aldehydes is 1. The molecule has 0 unspecified atom stereocenters. The van der Waals surface area contributed by atoms with Gasteiger partial charge in [0, 0.05) is 12.0 Å². The van der Waals surface area contributed by atoms with Gasteiger partial charge in [0.1, 0.15) is 12.9 Å². The maximum absolute atomic E-state index is 10.9. The SMILES string of the molecule is CCC(=O)OCc1ccccc1C=O. The highest BCUT2D eigenvalue weighted by Gasteiger charge is 2.03. The molecule has 0 aliphatic rings. The molecule has 1 aromatic rings. The minimum atomic E-state index is -0.259. The molecule has 0 bridgehead atoms. The van der Waals surface area contributed by atoms with Crippen molar-refractivity contribution in [2.24, 2.45) is 0 Å². The first-order chi connectivity index (χ1) is 6.77. The first kappa shape index (κ1) is 10.4. The van der Waals surface area contributed by atoms with E-state index in [1.165, 1.54) is 0 Å². The van der Waals surface area contributed by atoms with E-state index in [0.29, 0.717) is 12.0 Å². The van der Waals surface area contributed by atoms with Gasteiger partial charge in [-0.15, -0.1) is 0 Å². The summed E-state index contributed by atoms with van der Waals surface area (Å²) >= 11 is 0. The van der Waals surface area contributed by atoms with E-state index < -0.39 is 0 Å². The minimum Gasteiger partial charge on any atom is -0.461 e. The highest BCUT2D eigenvalue weighted by molar-refractivity contribution is 5.77. The molecule has 0 fully saturated rings. The maximum atomic E-state index is 10.9. The van der Waals surface area contributed by atoms with Crippen LogP contribution in [0.2, 0.25) is 0 Å². The number of carbonyl (C=O) groups is 2. The summed E-state index contributed by atoms with van der Waals surface area (Å²) in [5.41, 5.74) is 1.31. The van der Waals surface area contributed by atoms with Crippen LogP contribution in [0.4, 0.5) is 0 Å². The van der Waals surface area contributed by atoms with Crippen LogP contribution in [0, 0.1) is 0 Å². The predicted molar refractivity (Wildman–Crippen MR) is 51.9 cm³/mol. The van der Waals surface area contributed by atoms with Crippen LogP contribution in [0.15, 0.2) is 24.3 Å². The van der Waals surface area contributed by atoms with Gasteiger partial charge < -0.3 is 4.74 Å². The van der Waals surface area contributed by atoms with Gasteiger partial charge in [0.15, 0.2) is 0 Å². The summed E-state index contributed by atoms with van der Waals surface area (Å²) in [6.07, 6.45) is 1.11. The molecule has 1 aromatic carbocycles. The number of ether oxygens (including phenoxy) is 1. The van der Waals surface area contributed by atoms with Gasteiger partial charge in [-0.05, 0) is 5.56 Å². The van der Waals surface area contributed by atoms with Gasteiger partial charge in [0.2, 0.25) is 0 Å². The van der Waals surface area contributed by atoms with Crippen LogP contribution in [0.1, 0.15) is 29.3 Å². The zero-order chi connectivity index (χ0) is 10.4. The molecule has 0 N–H and O–H groups in total. The molecule has 1 rings (SSSR count). The maximum Gasteiger partial charge on any atom is 0.305 e. The van der Waals surface area contributed by atoms with Crippen molar-refractivity contribution in [1.82, 2.24) is 0 Å². The summed E-state index contributed by atoms with van der Waals surface area (Å²) in [5.74, 6) is -0.259. The van der Waals surface area contributed by atoms with Crippen molar-refractivity contribution in [3.05, 3.63) is 35.4 Å². The van der Waals surface area contributed by atoms with Crippen LogP contribution in [0.3, 0.4) is 0 Å². The Morgan fingerprint density at radius 1 is 1.43 bits per heavy atom. The fraction of sp³-hybridized carbons (Fsp3) is 0.273. The van der Waals surface area contributed by atoms with Gasteiger partial charge in [-0.25, -0.2) is 0 Å². The molecule has 0 radical (unpaired) electrons. The molecule has 0 aliphatic heterocycles. The van der Waals surface area contributed by atoms with E-state index in [2.05, 4.69) is 0 Å². The molecule has 14 heavy (non-hydrogen) atoms. The van der Waals surface area contributed by atoms with E-state index in [0.717, 1.165) is 11.8 Å². The van der Waals surface area contributed by atoms with Crippen LogP contribution < -0.4 is 0 Å². The second-order valence-electron chi connectivity index (χ2n) is 2.83. The van der Waals surface area contributed by atoms with Crippen LogP contribution in [0.25, 0.3) is 0 Å². The van der Waals surface area contributed by atoms with E-state index in [9.17, 15) is 9.59 Å². The highest BCUT2D eigenvalue weighted by Crippen LogP contribution is 2.07. The van der Waals surface area contributed by atoms with Crippen molar-refractivity contribution < 1.29 is 14.3 Å². The average molecular weight is 192 g/mol. The van der Waals surface area contributed by atoms with E-state index in [1.54, 1.807) is 25.1 Å². The van der Waals surface area contributed by atoms with Crippen molar-refractivity contribution >= 4 is 12.3 Å². The van der Waals surface area contributed by atoms with E-state index in [-0.39, 0.29) is 12.6 Å².